The minimum absolute atomic E-state index is 0.682. The Bertz CT molecular complexity index is 164. The highest BCUT2D eigenvalue weighted by Gasteiger charge is 2.22. The van der Waals surface area contributed by atoms with Crippen LogP contribution in [0.2, 0.25) is 0 Å². The van der Waals surface area contributed by atoms with Crippen LogP contribution in [-0.2, 0) is 4.74 Å². The summed E-state index contributed by atoms with van der Waals surface area (Å²) in [4.78, 5) is 0. The highest BCUT2D eigenvalue weighted by Crippen LogP contribution is 2.23. The van der Waals surface area contributed by atoms with Crippen LogP contribution in [0.1, 0.15) is 44.9 Å². The van der Waals surface area contributed by atoms with E-state index in [0.29, 0.717) is 12.0 Å². The molecule has 0 radical (unpaired) electrons. The molecule has 1 saturated carbocycles. The number of hydrogen-bond acceptors (Lipinski definition) is 3. The van der Waals surface area contributed by atoms with Crippen molar-refractivity contribution >= 4 is 0 Å². The predicted octanol–water partition coefficient (Wildman–Crippen LogP) is 1.91. The summed E-state index contributed by atoms with van der Waals surface area (Å²) in [5.41, 5.74) is 5.81. The summed E-state index contributed by atoms with van der Waals surface area (Å²) >= 11 is 0. The number of unbranched alkanes of at least 4 members (excludes halogenated alkanes) is 2. The van der Waals surface area contributed by atoms with Crippen molar-refractivity contribution in [1.82, 2.24) is 5.32 Å². The molecule has 3 heteroatoms. The summed E-state index contributed by atoms with van der Waals surface area (Å²) in [5.74, 6) is 0.715. The van der Waals surface area contributed by atoms with Crippen molar-refractivity contribution in [2.75, 3.05) is 26.8 Å². The molecule has 96 valence electrons. The van der Waals surface area contributed by atoms with Gasteiger partial charge in [0.1, 0.15) is 0 Å². The lowest BCUT2D eigenvalue weighted by Gasteiger charge is -2.31. The third kappa shape index (κ3) is 5.28. The molecule has 0 amide bonds. The molecular formula is C13H28N2O. The zero-order valence-corrected chi connectivity index (χ0v) is 10.7. The third-order valence-electron chi connectivity index (χ3n) is 3.64. The maximum atomic E-state index is 5.81. The van der Waals surface area contributed by atoms with Gasteiger partial charge in [-0.05, 0) is 51.1 Å². The van der Waals surface area contributed by atoms with Crippen LogP contribution in [-0.4, -0.2) is 32.8 Å². The van der Waals surface area contributed by atoms with Crippen molar-refractivity contribution in [3.8, 4) is 0 Å². The van der Waals surface area contributed by atoms with E-state index in [1.165, 1.54) is 44.9 Å². The second-order valence-corrected chi connectivity index (χ2v) is 4.89. The topological polar surface area (TPSA) is 47.3 Å². The average molecular weight is 228 g/mol. The van der Waals surface area contributed by atoms with E-state index in [2.05, 4.69) is 5.32 Å². The molecule has 1 aliphatic rings. The van der Waals surface area contributed by atoms with Crippen molar-refractivity contribution in [2.45, 2.75) is 51.0 Å². The number of nitrogens with two attached hydrogens (primary N) is 1. The molecule has 3 N–H and O–H groups in total. The first-order valence-corrected chi connectivity index (χ1v) is 6.81. The molecule has 0 aliphatic heterocycles. The van der Waals surface area contributed by atoms with Crippen molar-refractivity contribution in [3.63, 3.8) is 0 Å². The van der Waals surface area contributed by atoms with E-state index in [1.54, 1.807) is 7.11 Å². The Morgan fingerprint density at radius 1 is 1.19 bits per heavy atom. The van der Waals surface area contributed by atoms with Gasteiger partial charge in [0.05, 0.1) is 0 Å². The van der Waals surface area contributed by atoms with Gasteiger partial charge in [0.2, 0.25) is 0 Å². The van der Waals surface area contributed by atoms with Crippen LogP contribution in [0, 0.1) is 5.92 Å². The summed E-state index contributed by atoms with van der Waals surface area (Å²) in [5, 5.41) is 3.68. The molecule has 0 saturated heterocycles. The first-order chi connectivity index (χ1) is 7.88. The molecule has 1 aliphatic carbocycles. The van der Waals surface area contributed by atoms with Crippen molar-refractivity contribution in [3.05, 3.63) is 0 Å². The second-order valence-electron chi connectivity index (χ2n) is 4.89. The van der Waals surface area contributed by atoms with E-state index in [-0.39, 0.29) is 0 Å². The Balaban J connectivity index is 2.02. The van der Waals surface area contributed by atoms with E-state index in [4.69, 9.17) is 10.5 Å². The van der Waals surface area contributed by atoms with Gasteiger partial charge in [-0.3, -0.25) is 0 Å². The molecule has 3 nitrogen and oxygen atoms in total. The highest BCUT2D eigenvalue weighted by atomic mass is 16.5. The fourth-order valence-electron chi connectivity index (χ4n) is 2.59. The van der Waals surface area contributed by atoms with Gasteiger partial charge in [0, 0.05) is 19.8 Å². The number of hydrogen-bond donors (Lipinski definition) is 2. The molecule has 16 heavy (non-hydrogen) atoms. The minimum atomic E-state index is 0.682. The monoisotopic (exact) mass is 228 g/mol. The smallest absolute Gasteiger partial charge is 0.0462 e. The normalized spacial score (nSPS) is 25.9. The number of nitrogens with one attached hydrogen (secondary N) is 1. The van der Waals surface area contributed by atoms with Gasteiger partial charge >= 0.3 is 0 Å². The van der Waals surface area contributed by atoms with E-state index < -0.39 is 0 Å². The van der Waals surface area contributed by atoms with E-state index >= 15 is 0 Å². The standard InChI is InChI=1S/C13H28N2O/c1-16-10-6-2-5-9-15-13-8-4-3-7-12(13)11-14/h12-13,15H,2-11,14H2,1H3. The van der Waals surface area contributed by atoms with Crippen LogP contribution < -0.4 is 11.1 Å². The van der Waals surface area contributed by atoms with Crippen LogP contribution in [0.3, 0.4) is 0 Å². The molecule has 0 aromatic heterocycles. The second kappa shape index (κ2) is 8.97. The lowest BCUT2D eigenvalue weighted by molar-refractivity contribution is 0.191. The minimum Gasteiger partial charge on any atom is -0.385 e. The van der Waals surface area contributed by atoms with E-state index in [1.807, 2.05) is 0 Å². The summed E-state index contributed by atoms with van der Waals surface area (Å²) < 4.78 is 5.04. The van der Waals surface area contributed by atoms with Crippen LogP contribution in [0.25, 0.3) is 0 Å². The van der Waals surface area contributed by atoms with Crippen molar-refractivity contribution < 1.29 is 4.74 Å². The number of ether oxygens (including phenoxy) is 1. The zero-order chi connectivity index (χ0) is 11.6. The molecule has 2 unspecified atom stereocenters. The van der Waals surface area contributed by atoms with E-state index in [0.717, 1.165) is 19.7 Å². The maximum absolute atomic E-state index is 5.81. The highest BCUT2D eigenvalue weighted by molar-refractivity contribution is 4.81. The molecule has 0 aromatic rings. The van der Waals surface area contributed by atoms with Crippen molar-refractivity contribution in [1.29, 1.82) is 0 Å². The van der Waals surface area contributed by atoms with Crippen molar-refractivity contribution in [2.24, 2.45) is 11.7 Å². The Morgan fingerprint density at radius 2 is 2.00 bits per heavy atom. The summed E-state index contributed by atoms with van der Waals surface area (Å²) in [6.07, 6.45) is 9.09. The molecule has 1 rings (SSSR count). The molecular weight excluding hydrogens is 200 g/mol. The molecule has 0 bridgehead atoms. The zero-order valence-electron chi connectivity index (χ0n) is 10.7. The van der Waals surface area contributed by atoms with Gasteiger partial charge in [-0.2, -0.15) is 0 Å². The molecule has 2 atom stereocenters. The van der Waals surface area contributed by atoms with Gasteiger partial charge in [0.25, 0.3) is 0 Å². The largest absolute Gasteiger partial charge is 0.385 e. The molecule has 0 heterocycles. The quantitative estimate of drug-likeness (QED) is 0.624. The Hall–Kier alpha value is -0.120. The van der Waals surface area contributed by atoms with Crippen LogP contribution in [0.4, 0.5) is 0 Å². The van der Waals surface area contributed by atoms with Crippen LogP contribution in [0.5, 0.6) is 0 Å². The Morgan fingerprint density at radius 3 is 2.75 bits per heavy atom. The first kappa shape index (κ1) is 13.9. The first-order valence-electron chi connectivity index (χ1n) is 6.81. The third-order valence-corrected chi connectivity index (χ3v) is 3.64. The van der Waals surface area contributed by atoms with Gasteiger partial charge in [-0.15, -0.1) is 0 Å². The number of rotatable bonds is 8. The summed E-state index contributed by atoms with van der Waals surface area (Å²) in [6, 6.07) is 0.682. The average Bonchev–Trinajstić information content (AvgIpc) is 2.34. The summed E-state index contributed by atoms with van der Waals surface area (Å²) in [7, 11) is 1.77. The maximum Gasteiger partial charge on any atom is 0.0462 e. The molecule has 1 fully saturated rings. The summed E-state index contributed by atoms with van der Waals surface area (Å²) in [6.45, 7) is 2.89. The van der Waals surface area contributed by atoms with Gasteiger partial charge in [-0.25, -0.2) is 0 Å². The Kier molecular flexibility index (Phi) is 7.81. The number of methoxy groups -OCH3 is 1. The van der Waals surface area contributed by atoms with Crippen LogP contribution >= 0.6 is 0 Å². The van der Waals surface area contributed by atoms with Crippen LogP contribution in [0.15, 0.2) is 0 Å². The SMILES string of the molecule is COCCCCCNC1CCCCC1CN. The fraction of sp³-hybridized carbons (Fsp3) is 1.00. The van der Waals surface area contributed by atoms with E-state index in [9.17, 15) is 0 Å². The lowest BCUT2D eigenvalue weighted by atomic mass is 9.84. The molecule has 0 spiro atoms. The van der Waals surface area contributed by atoms with Gasteiger partial charge in [0.15, 0.2) is 0 Å². The van der Waals surface area contributed by atoms with Gasteiger partial charge < -0.3 is 15.8 Å². The molecule has 0 aromatic carbocycles. The predicted molar refractivity (Wildman–Crippen MR) is 68.5 cm³/mol. The lowest BCUT2D eigenvalue weighted by Crippen LogP contribution is -2.42. The fourth-order valence-corrected chi connectivity index (χ4v) is 2.59. The van der Waals surface area contributed by atoms with Gasteiger partial charge in [-0.1, -0.05) is 12.8 Å². The Labute approximate surface area is 100 Å².